The molecule has 1 aromatic heterocycles. The number of benzene rings is 1. The molecule has 0 amide bonds. The summed E-state index contributed by atoms with van der Waals surface area (Å²) in [6.45, 7) is 8.11. The monoisotopic (exact) mass is 277 g/mol. The third-order valence-corrected chi connectivity index (χ3v) is 4.48. The first-order chi connectivity index (χ1) is 9.26. The lowest BCUT2D eigenvalue weighted by atomic mass is 10.0. The molecular formula is C16H23NOS. The van der Waals surface area contributed by atoms with Gasteiger partial charge in [0.2, 0.25) is 0 Å². The van der Waals surface area contributed by atoms with Gasteiger partial charge in [-0.25, -0.2) is 0 Å². The van der Waals surface area contributed by atoms with Gasteiger partial charge in [-0.2, -0.15) is 0 Å². The zero-order chi connectivity index (χ0) is 13.7. The van der Waals surface area contributed by atoms with Crippen molar-refractivity contribution in [2.24, 2.45) is 0 Å². The van der Waals surface area contributed by atoms with Gasteiger partial charge in [0.25, 0.3) is 0 Å². The Morgan fingerprint density at radius 1 is 1.26 bits per heavy atom. The maximum atomic E-state index is 5.76. The summed E-state index contributed by atoms with van der Waals surface area (Å²) in [5.74, 6) is 0. The first-order valence-electron chi connectivity index (χ1n) is 7.06. The molecule has 1 heterocycles. The summed E-state index contributed by atoms with van der Waals surface area (Å²) in [4.78, 5) is 0. The minimum absolute atomic E-state index is 0.239. The Balaban J connectivity index is 2.16. The largest absolute Gasteiger partial charge is 0.377 e. The lowest BCUT2D eigenvalue weighted by molar-refractivity contribution is 0.0481. The van der Waals surface area contributed by atoms with Crippen LogP contribution >= 0.6 is 11.3 Å². The number of nitrogens with one attached hydrogen (secondary N) is 1. The highest BCUT2D eigenvalue weighted by molar-refractivity contribution is 7.17. The van der Waals surface area contributed by atoms with Crippen LogP contribution in [-0.4, -0.2) is 25.3 Å². The number of thiophene rings is 1. The molecule has 1 N–H and O–H groups in total. The molecule has 104 valence electrons. The number of hydrogen-bond donors (Lipinski definition) is 1. The van der Waals surface area contributed by atoms with Crippen molar-refractivity contribution in [1.29, 1.82) is 0 Å². The molecule has 0 aliphatic carbocycles. The molecule has 0 fully saturated rings. The van der Waals surface area contributed by atoms with Crippen LogP contribution in [0.3, 0.4) is 0 Å². The first-order valence-corrected chi connectivity index (χ1v) is 7.94. The van der Waals surface area contributed by atoms with Crippen LogP contribution in [0.25, 0.3) is 10.1 Å². The van der Waals surface area contributed by atoms with E-state index in [-0.39, 0.29) is 6.10 Å². The average Bonchev–Trinajstić information content (AvgIpc) is 2.82. The second kappa shape index (κ2) is 7.04. The van der Waals surface area contributed by atoms with Gasteiger partial charge >= 0.3 is 0 Å². The lowest BCUT2D eigenvalue weighted by Gasteiger charge is -2.24. The van der Waals surface area contributed by atoms with Crippen LogP contribution in [0.1, 0.15) is 26.3 Å². The lowest BCUT2D eigenvalue weighted by Crippen LogP contribution is -2.41. The van der Waals surface area contributed by atoms with Crippen LogP contribution in [0, 0.1) is 0 Å². The third kappa shape index (κ3) is 3.56. The second-order valence-corrected chi connectivity index (χ2v) is 5.70. The van der Waals surface area contributed by atoms with E-state index in [2.05, 4.69) is 55.7 Å². The molecule has 3 heteroatoms. The minimum Gasteiger partial charge on any atom is -0.377 e. The van der Waals surface area contributed by atoms with Gasteiger partial charge in [0.1, 0.15) is 0 Å². The molecular weight excluding hydrogens is 254 g/mol. The number of ether oxygens (including phenoxy) is 1. The van der Waals surface area contributed by atoms with E-state index in [9.17, 15) is 0 Å². The van der Waals surface area contributed by atoms with Gasteiger partial charge < -0.3 is 10.1 Å². The van der Waals surface area contributed by atoms with Gasteiger partial charge in [0.15, 0.2) is 0 Å². The molecule has 2 nitrogen and oxygen atoms in total. The predicted molar refractivity (Wildman–Crippen MR) is 84.1 cm³/mol. The zero-order valence-corrected chi connectivity index (χ0v) is 12.8. The summed E-state index contributed by atoms with van der Waals surface area (Å²) >= 11 is 1.83. The molecule has 1 aromatic carbocycles. The van der Waals surface area contributed by atoms with Crippen molar-refractivity contribution in [3.63, 3.8) is 0 Å². The summed E-state index contributed by atoms with van der Waals surface area (Å²) in [5.41, 5.74) is 1.43. The molecule has 2 aromatic rings. The highest BCUT2D eigenvalue weighted by Crippen LogP contribution is 2.27. The highest BCUT2D eigenvalue weighted by atomic mass is 32.1. The maximum absolute atomic E-state index is 5.76. The van der Waals surface area contributed by atoms with Crippen molar-refractivity contribution in [3.05, 3.63) is 35.2 Å². The Morgan fingerprint density at radius 3 is 2.79 bits per heavy atom. The van der Waals surface area contributed by atoms with E-state index in [4.69, 9.17) is 4.74 Å². The van der Waals surface area contributed by atoms with Crippen molar-refractivity contribution in [2.75, 3.05) is 13.2 Å². The molecule has 0 spiro atoms. The van der Waals surface area contributed by atoms with Gasteiger partial charge in [-0.05, 0) is 49.2 Å². The first kappa shape index (κ1) is 14.5. The number of fused-ring (bicyclic) bond motifs is 1. The van der Waals surface area contributed by atoms with E-state index in [1.807, 2.05) is 11.3 Å². The fraction of sp³-hybridized carbons (Fsp3) is 0.500. The van der Waals surface area contributed by atoms with Crippen molar-refractivity contribution < 1.29 is 4.74 Å². The summed E-state index contributed by atoms with van der Waals surface area (Å²) in [7, 11) is 0. The molecule has 0 aliphatic rings. The van der Waals surface area contributed by atoms with Gasteiger partial charge in [-0.15, -0.1) is 11.3 Å². The van der Waals surface area contributed by atoms with Crippen LogP contribution in [0.15, 0.2) is 29.6 Å². The summed E-state index contributed by atoms with van der Waals surface area (Å²) in [5, 5.41) is 7.22. The molecule has 0 saturated carbocycles. The Labute approximate surface area is 119 Å². The topological polar surface area (TPSA) is 21.3 Å². The SMILES string of the molecule is CCNC(Cc1csc2ccccc12)C(C)OCC. The van der Waals surface area contributed by atoms with Crippen LogP contribution in [0.2, 0.25) is 0 Å². The van der Waals surface area contributed by atoms with Gasteiger partial charge in [-0.3, -0.25) is 0 Å². The normalized spacial score (nSPS) is 14.7. The summed E-state index contributed by atoms with van der Waals surface area (Å²) in [6.07, 6.45) is 1.27. The predicted octanol–water partition coefficient (Wildman–Crippen LogP) is 3.85. The van der Waals surface area contributed by atoms with Crippen molar-refractivity contribution in [2.45, 2.75) is 39.3 Å². The Hall–Kier alpha value is -0.900. The Bertz CT molecular complexity index is 508. The maximum Gasteiger partial charge on any atom is 0.0703 e. The molecule has 2 unspecified atom stereocenters. The van der Waals surface area contributed by atoms with Crippen molar-refractivity contribution >= 4 is 21.4 Å². The fourth-order valence-corrected chi connectivity index (χ4v) is 3.45. The fourth-order valence-electron chi connectivity index (χ4n) is 2.47. The standard InChI is InChI=1S/C16H23NOS/c1-4-17-15(12(3)18-5-2)10-13-11-19-16-9-7-6-8-14(13)16/h6-9,11-12,15,17H,4-5,10H2,1-3H3. The minimum atomic E-state index is 0.239. The quantitative estimate of drug-likeness (QED) is 0.830. The van der Waals surface area contributed by atoms with E-state index < -0.39 is 0 Å². The second-order valence-electron chi connectivity index (χ2n) is 4.79. The number of hydrogen-bond acceptors (Lipinski definition) is 3. The highest BCUT2D eigenvalue weighted by Gasteiger charge is 2.18. The molecule has 0 bridgehead atoms. The van der Waals surface area contributed by atoms with E-state index in [1.165, 1.54) is 15.6 Å². The van der Waals surface area contributed by atoms with Crippen LogP contribution in [-0.2, 0) is 11.2 Å². The van der Waals surface area contributed by atoms with Crippen LogP contribution < -0.4 is 5.32 Å². The van der Waals surface area contributed by atoms with Crippen molar-refractivity contribution in [3.8, 4) is 0 Å². The Morgan fingerprint density at radius 2 is 2.05 bits per heavy atom. The van der Waals surface area contributed by atoms with Gasteiger partial charge in [0, 0.05) is 17.3 Å². The van der Waals surface area contributed by atoms with Gasteiger partial charge in [-0.1, -0.05) is 25.1 Å². The smallest absolute Gasteiger partial charge is 0.0703 e. The zero-order valence-electron chi connectivity index (χ0n) is 12.0. The summed E-state index contributed by atoms with van der Waals surface area (Å²) in [6, 6.07) is 9.01. The third-order valence-electron chi connectivity index (χ3n) is 3.46. The molecule has 19 heavy (non-hydrogen) atoms. The molecule has 0 radical (unpaired) electrons. The number of rotatable bonds is 7. The van der Waals surface area contributed by atoms with Crippen LogP contribution in [0.5, 0.6) is 0 Å². The molecule has 2 rings (SSSR count). The van der Waals surface area contributed by atoms with E-state index >= 15 is 0 Å². The summed E-state index contributed by atoms with van der Waals surface area (Å²) < 4.78 is 7.13. The van der Waals surface area contributed by atoms with Crippen molar-refractivity contribution in [1.82, 2.24) is 5.32 Å². The Kier molecular flexibility index (Phi) is 5.37. The van der Waals surface area contributed by atoms with E-state index in [1.54, 1.807) is 0 Å². The number of likely N-dealkylation sites (N-methyl/N-ethyl adjacent to an activating group) is 1. The molecule has 0 aliphatic heterocycles. The van der Waals surface area contributed by atoms with Gasteiger partial charge in [0.05, 0.1) is 6.10 Å². The van der Waals surface area contributed by atoms with E-state index in [0.29, 0.717) is 6.04 Å². The average molecular weight is 277 g/mol. The molecule has 0 saturated heterocycles. The van der Waals surface area contributed by atoms with E-state index in [0.717, 1.165) is 19.6 Å². The van der Waals surface area contributed by atoms with Crippen LogP contribution in [0.4, 0.5) is 0 Å². The molecule has 2 atom stereocenters.